The summed E-state index contributed by atoms with van der Waals surface area (Å²) in [6, 6.07) is 0. The summed E-state index contributed by atoms with van der Waals surface area (Å²) in [7, 11) is 12.0. The molecule has 1 atom stereocenters. The van der Waals surface area contributed by atoms with E-state index in [1.54, 1.807) is 0 Å². The molecule has 0 rings (SSSR count). The molecule has 0 aromatic carbocycles. The number of nitrogens with zero attached hydrogens (tertiary/aromatic N) is 4. The SMILES string of the molecule is CN=C(N(C)C)N(C)C(C)N(C)C. The first-order chi connectivity index (χ1) is 5.91. The third-order valence-corrected chi connectivity index (χ3v) is 2.22. The Bertz CT molecular complexity index is 174. The lowest BCUT2D eigenvalue weighted by Gasteiger charge is -2.34. The van der Waals surface area contributed by atoms with E-state index in [4.69, 9.17) is 0 Å². The van der Waals surface area contributed by atoms with E-state index < -0.39 is 0 Å². The smallest absolute Gasteiger partial charge is 0.196 e. The monoisotopic (exact) mass is 186 g/mol. The van der Waals surface area contributed by atoms with Gasteiger partial charge in [-0.05, 0) is 21.0 Å². The van der Waals surface area contributed by atoms with Crippen molar-refractivity contribution >= 4 is 5.96 Å². The van der Waals surface area contributed by atoms with Gasteiger partial charge in [-0.3, -0.25) is 9.89 Å². The molecule has 0 aliphatic rings. The number of hydrogen-bond donors (Lipinski definition) is 0. The zero-order valence-electron chi connectivity index (χ0n) is 9.87. The number of guanidine groups is 1. The minimum atomic E-state index is 0.348. The minimum absolute atomic E-state index is 0.348. The second-order valence-corrected chi connectivity index (χ2v) is 3.62. The molecule has 0 saturated heterocycles. The molecule has 4 heteroatoms. The summed E-state index contributed by atoms with van der Waals surface area (Å²) in [4.78, 5) is 10.5. The van der Waals surface area contributed by atoms with E-state index in [1.165, 1.54) is 0 Å². The summed E-state index contributed by atoms with van der Waals surface area (Å²) in [5.74, 6) is 0.987. The molecule has 0 saturated carbocycles. The molecule has 13 heavy (non-hydrogen) atoms. The summed E-state index contributed by atoms with van der Waals surface area (Å²) in [5, 5.41) is 0. The highest BCUT2D eigenvalue weighted by Gasteiger charge is 2.15. The van der Waals surface area contributed by atoms with Gasteiger partial charge in [0.2, 0.25) is 0 Å². The highest BCUT2D eigenvalue weighted by Crippen LogP contribution is 2.01. The Kier molecular flexibility index (Phi) is 4.77. The fourth-order valence-corrected chi connectivity index (χ4v) is 1.19. The summed E-state index contributed by atoms with van der Waals surface area (Å²) >= 11 is 0. The van der Waals surface area contributed by atoms with Crippen LogP contribution in [0.15, 0.2) is 4.99 Å². The van der Waals surface area contributed by atoms with Gasteiger partial charge in [0.05, 0.1) is 6.17 Å². The number of hydrogen-bond acceptors (Lipinski definition) is 2. The molecule has 78 valence electrons. The predicted octanol–water partition coefficient (Wildman–Crippen LogP) is 0.373. The van der Waals surface area contributed by atoms with E-state index in [2.05, 4.69) is 35.8 Å². The van der Waals surface area contributed by atoms with E-state index in [0.29, 0.717) is 6.17 Å². The van der Waals surface area contributed by atoms with E-state index in [0.717, 1.165) is 5.96 Å². The van der Waals surface area contributed by atoms with Crippen LogP contribution in [0.3, 0.4) is 0 Å². The second-order valence-electron chi connectivity index (χ2n) is 3.62. The molecule has 1 unspecified atom stereocenters. The molecule has 0 radical (unpaired) electrons. The third-order valence-electron chi connectivity index (χ3n) is 2.22. The maximum atomic E-state index is 4.23. The lowest BCUT2D eigenvalue weighted by Crippen LogP contribution is -2.48. The van der Waals surface area contributed by atoms with Gasteiger partial charge in [-0.15, -0.1) is 0 Å². The van der Waals surface area contributed by atoms with E-state index in [-0.39, 0.29) is 0 Å². The summed E-state index contributed by atoms with van der Waals surface area (Å²) in [6.07, 6.45) is 0.348. The third kappa shape index (κ3) is 3.22. The van der Waals surface area contributed by atoms with E-state index in [1.807, 2.05) is 33.1 Å². The first-order valence-corrected chi connectivity index (χ1v) is 4.45. The molecule has 0 bridgehead atoms. The van der Waals surface area contributed by atoms with Crippen LogP contribution in [0.25, 0.3) is 0 Å². The van der Waals surface area contributed by atoms with Crippen molar-refractivity contribution in [1.82, 2.24) is 14.7 Å². The summed E-state index contributed by atoms with van der Waals surface area (Å²) in [6.45, 7) is 2.15. The zero-order chi connectivity index (χ0) is 10.6. The molecular formula is C9H22N4. The van der Waals surface area contributed by atoms with Crippen LogP contribution in [0.5, 0.6) is 0 Å². The largest absolute Gasteiger partial charge is 0.349 e. The Labute approximate surface area is 81.8 Å². The molecule has 0 aliphatic carbocycles. The zero-order valence-corrected chi connectivity index (χ0v) is 9.87. The van der Waals surface area contributed by atoms with Gasteiger partial charge in [0.15, 0.2) is 5.96 Å². The summed E-state index contributed by atoms with van der Waals surface area (Å²) in [5.41, 5.74) is 0. The first kappa shape index (κ1) is 12.2. The van der Waals surface area contributed by atoms with Gasteiger partial charge in [-0.25, -0.2) is 0 Å². The Balaban J connectivity index is 4.47. The van der Waals surface area contributed by atoms with Crippen molar-refractivity contribution in [3.05, 3.63) is 0 Å². The molecule has 4 nitrogen and oxygen atoms in total. The van der Waals surface area contributed by atoms with Gasteiger partial charge in [0.1, 0.15) is 0 Å². The molecule has 0 spiro atoms. The highest BCUT2D eigenvalue weighted by atomic mass is 15.4. The number of aliphatic imine (C=N–C) groups is 1. The van der Waals surface area contributed by atoms with Crippen LogP contribution < -0.4 is 0 Å². The van der Waals surface area contributed by atoms with Gasteiger partial charge >= 0.3 is 0 Å². The average molecular weight is 186 g/mol. The van der Waals surface area contributed by atoms with Crippen LogP contribution in [-0.4, -0.2) is 69.1 Å². The standard InChI is InChI=1S/C9H22N4/c1-8(11(3)4)13(7)9(10-2)12(5)6/h8H,1-7H3. The van der Waals surface area contributed by atoms with E-state index in [9.17, 15) is 0 Å². The van der Waals surface area contributed by atoms with Crippen molar-refractivity contribution in [2.75, 3.05) is 42.3 Å². The van der Waals surface area contributed by atoms with Crippen LogP contribution in [0.2, 0.25) is 0 Å². The first-order valence-electron chi connectivity index (χ1n) is 4.45. The van der Waals surface area contributed by atoms with Crippen molar-refractivity contribution in [1.29, 1.82) is 0 Å². The molecule has 0 aliphatic heterocycles. The molecule has 0 fully saturated rings. The van der Waals surface area contributed by atoms with Crippen LogP contribution in [0, 0.1) is 0 Å². The average Bonchev–Trinajstić information content (AvgIpc) is 2.03. The molecule has 0 amide bonds. The molecular weight excluding hydrogens is 164 g/mol. The normalized spacial score (nSPS) is 14.6. The maximum absolute atomic E-state index is 4.23. The van der Waals surface area contributed by atoms with Crippen LogP contribution >= 0.6 is 0 Å². The van der Waals surface area contributed by atoms with E-state index >= 15 is 0 Å². The predicted molar refractivity (Wildman–Crippen MR) is 58.0 cm³/mol. The molecule has 0 aromatic heterocycles. The van der Waals surface area contributed by atoms with Gasteiger partial charge < -0.3 is 9.80 Å². The Hall–Kier alpha value is -0.770. The fourth-order valence-electron chi connectivity index (χ4n) is 1.19. The van der Waals surface area contributed by atoms with Crippen molar-refractivity contribution < 1.29 is 0 Å². The van der Waals surface area contributed by atoms with Crippen molar-refractivity contribution in [3.63, 3.8) is 0 Å². The van der Waals surface area contributed by atoms with Gasteiger partial charge in [-0.1, -0.05) is 0 Å². The Morgan fingerprint density at radius 2 is 1.54 bits per heavy atom. The highest BCUT2D eigenvalue weighted by molar-refractivity contribution is 5.79. The lowest BCUT2D eigenvalue weighted by molar-refractivity contribution is 0.173. The van der Waals surface area contributed by atoms with Crippen LogP contribution in [0.4, 0.5) is 0 Å². The topological polar surface area (TPSA) is 22.1 Å². The fraction of sp³-hybridized carbons (Fsp3) is 0.889. The van der Waals surface area contributed by atoms with Crippen LogP contribution in [-0.2, 0) is 0 Å². The maximum Gasteiger partial charge on any atom is 0.196 e. The Morgan fingerprint density at radius 3 is 1.77 bits per heavy atom. The van der Waals surface area contributed by atoms with Gasteiger partial charge in [0, 0.05) is 28.2 Å². The minimum Gasteiger partial charge on any atom is -0.349 e. The van der Waals surface area contributed by atoms with Gasteiger partial charge in [-0.2, -0.15) is 0 Å². The summed E-state index contributed by atoms with van der Waals surface area (Å²) < 4.78 is 0. The second kappa shape index (κ2) is 5.07. The van der Waals surface area contributed by atoms with Crippen molar-refractivity contribution in [2.45, 2.75) is 13.1 Å². The molecule has 0 heterocycles. The molecule has 0 aromatic rings. The number of rotatable bonds is 2. The lowest BCUT2D eigenvalue weighted by atomic mass is 10.4. The van der Waals surface area contributed by atoms with Crippen molar-refractivity contribution in [3.8, 4) is 0 Å². The van der Waals surface area contributed by atoms with Crippen molar-refractivity contribution in [2.24, 2.45) is 4.99 Å². The quantitative estimate of drug-likeness (QED) is 0.353. The molecule has 0 N–H and O–H groups in total. The van der Waals surface area contributed by atoms with Crippen LogP contribution in [0.1, 0.15) is 6.92 Å². The Morgan fingerprint density at radius 1 is 1.08 bits per heavy atom. The van der Waals surface area contributed by atoms with Gasteiger partial charge in [0.25, 0.3) is 0 Å².